The minimum Gasteiger partial charge on any atom is -0.338 e. The zero-order chi connectivity index (χ0) is 15.5. The molecule has 2 N–H and O–H groups in total. The summed E-state index contributed by atoms with van der Waals surface area (Å²) in [6, 6.07) is 5.43. The molecule has 1 aromatic carbocycles. The van der Waals surface area contributed by atoms with Gasteiger partial charge in [-0.25, -0.2) is 0 Å². The Morgan fingerprint density at radius 2 is 1.90 bits per heavy atom. The lowest BCUT2D eigenvalue weighted by Gasteiger charge is -2.31. The van der Waals surface area contributed by atoms with E-state index < -0.39 is 0 Å². The number of carbonyl (C=O) groups excluding carboxylic acids is 1. The van der Waals surface area contributed by atoms with Gasteiger partial charge in [-0.15, -0.1) is 0 Å². The SMILES string of the molecule is CCN(CC(C)(C)CN)C(=O)c1ccc2nccnc2c1. The molecule has 1 heterocycles. The van der Waals surface area contributed by atoms with Crippen molar-refractivity contribution in [2.24, 2.45) is 11.1 Å². The molecule has 5 nitrogen and oxygen atoms in total. The third-order valence-electron chi connectivity index (χ3n) is 3.56. The molecule has 0 radical (unpaired) electrons. The lowest BCUT2D eigenvalue weighted by molar-refractivity contribution is 0.0701. The van der Waals surface area contributed by atoms with Crippen molar-refractivity contribution in [3.05, 3.63) is 36.2 Å². The normalized spacial score (nSPS) is 11.6. The van der Waals surface area contributed by atoms with Gasteiger partial charge >= 0.3 is 0 Å². The van der Waals surface area contributed by atoms with Crippen LogP contribution in [0.25, 0.3) is 11.0 Å². The van der Waals surface area contributed by atoms with Gasteiger partial charge in [0.25, 0.3) is 5.91 Å². The average Bonchev–Trinajstić information content (AvgIpc) is 2.51. The molecule has 1 aromatic heterocycles. The Bertz CT molecular complexity index is 639. The summed E-state index contributed by atoms with van der Waals surface area (Å²) in [5.74, 6) is 0.00609. The number of nitrogens with two attached hydrogens (primary N) is 1. The lowest BCUT2D eigenvalue weighted by atomic mass is 9.93. The topological polar surface area (TPSA) is 72.1 Å². The third kappa shape index (κ3) is 3.55. The van der Waals surface area contributed by atoms with E-state index in [0.29, 0.717) is 25.2 Å². The van der Waals surface area contributed by atoms with Crippen LogP contribution in [0.5, 0.6) is 0 Å². The maximum Gasteiger partial charge on any atom is 0.253 e. The minimum atomic E-state index is -0.0949. The van der Waals surface area contributed by atoms with Gasteiger partial charge in [0.15, 0.2) is 0 Å². The maximum absolute atomic E-state index is 12.7. The van der Waals surface area contributed by atoms with Crippen LogP contribution >= 0.6 is 0 Å². The van der Waals surface area contributed by atoms with Crippen molar-refractivity contribution in [3.63, 3.8) is 0 Å². The highest BCUT2D eigenvalue weighted by molar-refractivity contribution is 5.97. The van der Waals surface area contributed by atoms with E-state index in [4.69, 9.17) is 5.73 Å². The Balaban J connectivity index is 2.27. The Morgan fingerprint density at radius 1 is 1.24 bits per heavy atom. The Kier molecular flexibility index (Phi) is 4.53. The number of aromatic nitrogens is 2. The standard InChI is InChI=1S/C16H22N4O/c1-4-20(11-16(2,3)10-17)15(21)12-5-6-13-14(9-12)19-8-7-18-13/h5-9H,4,10-11,17H2,1-3H3. The average molecular weight is 286 g/mol. The number of hydrogen-bond acceptors (Lipinski definition) is 4. The number of carbonyl (C=O) groups is 1. The third-order valence-corrected chi connectivity index (χ3v) is 3.56. The monoisotopic (exact) mass is 286 g/mol. The van der Waals surface area contributed by atoms with Crippen molar-refractivity contribution >= 4 is 16.9 Å². The molecule has 0 saturated carbocycles. The number of rotatable bonds is 5. The molecule has 2 aromatic rings. The molecule has 2 rings (SSSR count). The van der Waals surface area contributed by atoms with Crippen LogP contribution in [-0.2, 0) is 0 Å². The van der Waals surface area contributed by atoms with Crippen LogP contribution in [-0.4, -0.2) is 40.4 Å². The van der Waals surface area contributed by atoms with E-state index in [1.165, 1.54) is 0 Å². The molecule has 112 valence electrons. The first kappa shape index (κ1) is 15.4. The largest absolute Gasteiger partial charge is 0.338 e. The second-order valence-corrected chi connectivity index (χ2v) is 5.95. The predicted octanol–water partition coefficient (Wildman–Crippen LogP) is 2.08. The molecule has 1 amide bonds. The smallest absolute Gasteiger partial charge is 0.253 e. The second-order valence-electron chi connectivity index (χ2n) is 5.95. The molecule has 0 atom stereocenters. The van der Waals surface area contributed by atoms with E-state index >= 15 is 0 Å². The fraction of sp³-hybridized carbons (Fsp3) is 0.438. The molecule has 0 unspecified atom stereocenters. The number of nitrogens with zero attached hydrogens (tertiary/aromatic N) is 3. The van der Waals surface area contributed by atoms with E-state index in [1.807, 2.05) is 17.9 Å². The molecule has 5 heteroatoms. The summed E-state index contributed by atoms with van der Waals surface area (Å²) < 4.78 is 0. The van der Waals surface area contributed by atoms with Crippen LogP contribution in [0.3, 0.4) is 0 Å². The van der Waals surface area contributed by atoms with Crippen LogP contribution in [0.4, 0.5) is 0 Å². The van der Waals surface area contributed by atoms with Gasteiger partial charge in [0.2, 0.25) is 0 Å². The van der Waals surface area contributed by atoms with E-state index in [-0.39, 0.29) is 11.3 Å². The van der Waals surface area contributed by atoms with Gasteiger partial charge in [-0.3, -0.25) is 14.8 Å². The van der Waals surface area contributed by atoms with Crippen molar-refractivity contribution in [2.75, 3.05) is 19.6 Å². The molecule has 0 saturated heterocycles. The zero-order valence-corrected chi connectivity index (χ0v) is 12.8. The number of fused-ring (bicyclic) bond motifs is 1. The molecule has 0 bridgehead atoms. The Labute approximate surface area is 125 Å². The van der Waals surface area contributed by atoms with Crippen molar-refractivity contribution in [1.82, 2.24) is 14.9 Å². The molecule has 0 aliphatic carbocycles. The molecule has 21 heavy (non-hydrogen) atoms. The van der Waals surface area contributed by atoms with Crippen LogP contribution in [0.15, 0.2) is 30.6 Å². The van der Waals surface area contributed by atoms with E-state index in [1.54, 1.807) is 24.5 Å². The number of amides is 1. The van der Waals surface area contributed by atoms with Gasteiger partial charge < -0.3 is 10.6 Å². The summed E-state index contributed by atoms with van der Waals surface area (Å²) in [4.78, 5) is 22.9. The first-order valence-electron chi connectivity index (χ1n) is 7.17. The molecule has 0 spiro atoms. The second kappa shape index (κ2) is 6.18. The Hall–Kier alpha value is -2.01. The van der Waals surface area contributed by atoms with Gasteiger partial charge in [0, 0.05) is 31.0 Å². The van der Waals surface area contributed by atoms with Gasteiger partial charge in [-0.2, -0.15) is 0 Å². The number of hydrogen-bond donors (Lipinski definition) is 1. The molecule has 0 aliphatic heterocycles. The zero-order valence-electron chi connectivity index (χ0n) is 12.8. The summed E-state index contributed by atoms with van der Waals surface area (Å²) in [7, 11) is 0. The highest BCUT2D eigenvalue weighted by Gasteiger charge is 2.23. The molecule has 0 fully saturated rings. The van der Waals surface area contributed by atoms with Crippen LogP contribution < -0.4 is 5.73 Å². The van der Waals surface area contributed by atoms with Crippen LogP contribution in [0, 0.1) is 5.41 Å². The van der Waals surface area contributed by atoms with E-state index in [2.05, 4.69) is 23.8 Å². The van der Waals surface area contributed by atoms with Gasteiger partial charge in [0.05, 0.1) is 11.0 Å². The summed E-state index contributed by atoms with van der Waals surface area (Å²) in [6.45, 7) is 7.94. The summed E-state index contributed by atoms with van der Waals surface area (Å²) >= 11 is 0. The van der Waals surface area contributed by atoms with Crippen molar-refractivity contribution in [2.45, 2.75) is 20.8 Å². The van der Waals surface area contributed by atoms with Crippen LogP contribution in [0.2, 0.25) is 0 Å². The van der Waals surface area contributed by atoms with Gasteiger partial charge in [-0.05, 0) is 37.1 Å². The first-order chi connectivity index (χ1) is 9.96. The highest BCUT2D eigenvalue weighted by atomic mass is 16.2. The predicted molar refractivity (Wildman–Crippen MR) is 84.0 cm³/mol. The van der Waals surface area contributed by atoms with Gasteiger partial charge in [0.1, 0.15) is 0 Å². The minimum absolute atomic E-state index is 0.00609. The summed E-state index contributed by atoms with van der Waals surface area (Å²) in [6.07, 6.45) is 3.28. The highest BCUT2D eigenvalue weighted by Crippen LogP contribution is 2.18. The Morgan fingerprint density at radius 3 is 2.52 bits per heavy atom. The fourth-order valence-corrected chi connectivity index (χ4v) is 2.19. The quantitative estimate of drug-likeness (QED) is 0.913. The van der Waals surface area contributed by atoms with Crippen molar-refractivity contribution < 1.29 is 4.79 Å². The lowest BCUT2D eigenvalue weighted by Crippen LogP contribution is -2.41. The maximum atomic E-state index is 12.7. The van der Waals surface area contributed by atoms with Crippen LogP contribution in [0.1, 0.15) is 31.1 Å². The first-order valence-corrected chi connectivity index (χ1v) is 7.17. The molecular formula is C16H22N4O. The molecule has 0 aliphatic rings. The van der Waals surface area contributed by atoms with Crippen molar-refractivity contribution in [1.29, 1.82) is 0 Å². The fourth-order valence-electron chi connectivity index (χ4n) is 2.19. The summed E-state index contributed by atoms with van der Waals surface area (Å²) in [5.41, 5.74) is 7.83. The van der Waals surface area contributed by atoms with E-state index in [9.17, 15) is 4.79 Å². The number of benzene rings is 1. The van der Waals surface area contributed by atoms with Crippen molar-refractivity contribution in [3.8, 4) is 0 Å². The molecular weight excluding hydrogens is 264 g/mol. The van der Waals surface area contributed by atoms with Gasteiger partial charge in [-0.1, -0.05) is 13.8 Å². The summed E-state index contributed by atoms with van der Waals surface area (Å²) in [5, 5.41) is 0. The van der Waals surface area contributed by atoms with E-state index in [0.717, 1.165) is 11.0 Å².